The Morgan fingerprint density at radius 1 is 1.59 bits per heavy atom. The third-order valence-electron chi connectivity index (χ3n) is 3.77. The molecular weight excluding hydrogens is 218 g/mol. The Hall–Kier alpha value is -1.36. The van der Waals surface area contributed by atoms with Crippen LogP contribution < -0.4 is 5.32 Å². The lowest BCUT2D eigenvalue weighted by Gasteiger charge is -2.17. The minimum Gasteiger partial charge on any atom is -0.364 e. The first-order valence-corrected chi connectivity index (χ1v) is 6.15. The molecule has 5 heteroatoms. The van der Waals surface area contributed by atoms with Gasteiger partial charge >= 0.3 is 0 Å². The summed E-state index contributed by atoms with van der Waals surface area (Å²) >= 11 is 0. The van der Waals surface area contributed by atoms with Crippen LogP contribution in [-0.2, 0) is 0 Å². The zero-order chi connectivity index (χ0) is 11.8. The minimum atomic E-state index is -0.131. The first-order chi connectivity index (χ1) is 8.24. The monoisotopic (exact) mass is 235 g/mol. The van der Waals surface area contributed by atoms with Crippen molar-refractivity contribution < 1.29 is 9.32 Å². The summed E-state index contributed by atoms with van der Waals surface area (Å²) in [6, 6.07) is 2.49. The Bertz CT molecular complexity index is 400. The molecule has 1 amide bonds. The number of nitrogens with zero attached hydrogens (tertiary/aromatic N) is 2. The van der Waals surface area contributed by atoms with Crippen molar-refractivity contribution in [2.24, 2.45) is 5.92 Å². The molecule has 1 saturated heterocycles. The topological polar surface area (TPSA) is 58.4 Å². The number of carbonyl (C=O) groups is 1. The Kier molecular flexibility index (Phi) is 2.63. The van der Waals surface area contributed by atoms with Gasteiger partial charge in [0.2, 0.25) is 0 Å². The number of amides is 1. The maximum absolute atomic E-state index is 11.8. The number of nitrogens with one attached hydrogen (secondary N) is 1. The number of rotatable bonds is 3. The molecule has 1 aromatic heterocycles. The van der Waals surface area contributed by atoms with Crippen molar-refractivity contribution in [1.82, 2.24) is 15.4 Å². The molecule has 1 aliphatic heterocycles. The van der Waals surface area contributed by atoms with Crippen molar-refractivity contribution in [2.45, 2.75) is 31.3 Å². The van der Waals surface area contributed by atoms with Gasteiger partial charge < -0.3 is 14.7 Å². The third-order valence-corrected chi connectivity index (χ3v) is 3.77. The van der Waals surface area contributed by atoms with Gasteiger partial charge in [-0.15, -0.1) is 0 Å². The predicted octanol–water partition coefficient (Wildman–Crippen LogP) is 0.887. The van der Waals surface area contributed by atoms with E-state index in [1.807, 2.05) is 0 Å². The minimum absolute atomic E-state index is 0.131. The second kappa shape index (κ2) is 4.14. The van der Waals surface area contributed by atoms with Crippen LogP contribution in [0.1, 0.15) is 29.8 Å². The maximum Gasteiger partial charge on any atom is 0.273 e. The molecule has 0 spiro atoms. The summed E-state index contributed by atoms with van der Waals surface area (Å²) in [5.41, 5.74) is 0.363. The van der Waals surface area contributed by atoms with Crippen molar-refractivity contribution in [3.63, 3.8) is 0 Å². The molecule has 5 nitrogen and oxygen atoms in total. The van der Waals surface area contributed by atoms with E-state index < -0.39 is 0 Å². The number of hydrogen-bond acceptors (Lipinski definition) is 4. The van der Waals surface area contributed by atoms with Gasteiger partial charge in [-0.2, -0.15) is 0 Å². The molecule has 2 atom stereocenters. The maximum atomic E-state index is 11.8. The fourth-order valence-electron chi connectivity index (χ4n) is 2.76. The van der Waals surface area contributed by atoms with E-state index in [1.54, 1.807) is 6.07 Å². The summed E-state index contributed by atoms with van der Waals surface area (Å²) in [4.78, 5) is 14.2. The van der Waals surface area contributed by atoms with Crippen LogP contribution in [0.2, 0.25) is 0 Å². The number of likely N-dealkylation sites (tertiary alicyclic amines) is 1. The molecule has 1 saturated carbocycles. The van der Waals surface area contributed by atoms with Gasteiger partial charge in [-0.25, -0.2) is 0 Å². The summed E-state index contributed by atoms with van der Waals surface area (Å²) in [6.07, 6.45) is 5.17. The van der Waals surface area contributed by atoms with Crippen molar-refractivity contribution >= 4 is 5.91 Å². The Morgan fingerprint density at radius 3 is 3.06 bits per heavy atom. The lowest BCUT2D eigenvalue weighted by Crippen LogP contribution is -2.36. The normalized spacial score (nSPS) is 29.5. The van der Waals surface area contributed by atoms with Crippen LogP contribution >= 0.6 is 0 Å². The summed E-state index contributed by atoms with van der Waals surface area (Å²) in [5.74, 6) is 0.725. The van der Waals surface area contributed by atoms with Crippen LogP contribution in [-0.4, -0.2) is 41.6 Å². The molecule has 2 aliphatic rings. The highest BCUT2D eigenvalue weighted by Gasteiger charge is 2.40. The molecule has 1 N–H and O–H groups in total. The predicted molar refractivity (Wildman–Crippen MR) is 61.5 cm³/mol. The summed E-state index contributed by atoms with van der Waals surface area (Å²) in [7, 11) is 2.14. The van der Waals surface area contributed by atoms with Crippen LogP contribution in [0.15, 0.2) is 16.9 Å². The van der Waals surface area contributed by atoms with E-state index in [-0.39, 0.29) is 11.9 Å². The second-order valence-electron chi connectivity index (χ2n) is 5.14. The molecule has 1 aromatic rings. The first kappa shape index (κ1) is 10.8. The molecule has 92 valence electrons. The van der Waals surface area contributed by atoms with Crippen molar-refractivity contribution in [2.75, 3.05) is 13.6 Å². The number of likely N-dealkylation sites (N-methyl/N-ethyl adjacent to an activating group) is 1. The molecule has 3 rings (SSSR count). The molecule has 1 aliphatic carbocycles. The largest absolute Gasteiger partial charge is 0.364 e. The Morgan fingerprint density at radius 2 is 2.41 bits per heavy atom. The zero-order valence-corrected chi connectivity index (χ0v) is 9.93. The molecule has 2 fully saturated rings. The molecule has 0 bridgehead atoms. The van der Waals surface area contributed by atoms with Gasteiger partial charge in [0.05, 0.1) is 0 Å². The van der Waals surface area contributed by atoms with Gasteiger partial charge in [-0.05, 0) is 32.2 Å². The first-order valence-electron chi connectivity index (χ1n) is 6.15. The molecule has 2 unspecified atom stereocenters. The second-order valence-corrected chi connectivity index (χ2v) is 5.14. The SMILES string of the molecule is CN1CC(NC(=O)c2ccon2)CC1C1CC1. The number of aromatic nitrogens is 1. The summed E-state index contributed by atoms with van der Waals surface area (Å²) in [5, 5.41) is 6.66. The van der Waals surface area contributed by atoms with E-state index in [1.165, 1.54) is 19.1 Å². The van der Waals surface area contributed by atoms with Crippen LogP contribution in [0, 0.1) is 5.92 Å². The fraction of sp³-hybridized carbons (Fsp3) is 0.667. The molecule has 0 aromatic carbocycles. The van der Waals surface area contributed by atoms with E-state index >= 15 is 0 Å². The highest BCUT2D eigenvalue weighted by Crippen LogP contribution is 2.39. The van der Waals surface area contributed by atoms with Gasteiger partial charge in [-0.1, -0.05) is 5.16 Å². The van der Waals surface area contributed by atoms with E-state index in [2.05, 4.69) is 26.9 Å². The summed E-state index contributed by atoms with van der Waals surface area (Å²) in [6.45, 7) is 0.935. The lowest BCUT2D eigenvalue weighted by atomic mass is 10.1. The fourth-order valence-corrected chi connectivity index (χ4v) is 2.76. The van der Waals surface area contributed by atoms with E-state index in [0.717, 1.165) is 18.9 Å². The van der Waals surface area contributed by atoms with E-state index in [0.29, 0.717) is 11.7 Å². The smallest absolute Gasteiger partial charge is 0.273 e. The quantitative estimate of drug-likeness (QED) is 0.845. The van der Waals surface area contributed by atoms with Gasteiger partial charge in [0, 0.05) is 24.7 Å². The zero-order valence-electron chi connectivity index (χ0n) is 9.93. The van der Waals surface area contributed by atoms with Crippen LogP contribution in [0.3, 0.4) is 0 Å². The Labute approximate surface area is 100 Å². The van der Waals surface area contributed by atoms with Crippen molar-refractivity contribution in [1.29, 1.82) is 0 Å². The van der Waals surface area contributed by atoms with Crippen LogP contribution in [0.4, 0.5) is 0 Å². The highest BCUT2D eigenvalue weighted by atomic mass is 16.5. The average molecular weight is 235 g/mol. The molecule has 0 radical (unpaired) electrons. The van der Waals surface area contributed by atoms with Gasteiger partial charge in [0.1, 0.15) is 6.26 Å². The Balaban J connectivity index is 1.58. The lowest BCUT2D eigenvalue weighted by molar-refractivity contribution is 0.0929. The van der Waals surface area contributed by atoms with Crippen molar-refractivity contribution in [3.05, 3.63) is 18.0 Å². The highest BCUT2D eigenvalue weighted by molar-refractivity contribution is 5.92. The molecule has 2 heterocycles. The molecular formula is C12H17N3O2. The van der Waals surface area contributed by atoms with Crippen LogP contribution in [0.25, 0.3) is 0 Å². The average Bonchev–Trinajstić information content (AvgIpc) is 2.86. The third kappa shape index (κ3) is 2.20. The standard InChI is InChI=1S/C12H17N3O2/c1-15-7-9(6-11(15)8-2-3-8)13-12(16)10-4-5-17-14-10/h4-5,8-9,11H,2-3,6-7H2,1H3,(H,13,16). The van der Waals surface area contributed by atoms with Crippen molar-refractivity contribution in [3.8, 4) is 0 Å². The van der Waals surface area contributed by atoms with Gasteiger partial charge in [0.15, 0.2) is 5.69 Å². The van der Waals surface area contributed by atoms with E-state index in [9.17, 15) is 4.79 Å². The molecule has 17 heavy (non-hydrogen) atoms. The summed E-state index contributed by atoms with van der Waals surface area (Å²) < 4.78 is 4.67. The number of hydrogen-bond donors (Lipinski definition) is 1. The number of carbonyl (C=O) groups excluding carboxylic acids is 1. The van der Waals surface area contributed by atoms with Crippen LogP contribution in [0.5, 0.6) is 0 Å². The van der Waals surface area contributed by atoms with Gasteiger partial charge in [0.25, 0.3) is 5.91 Å². The van der Waals surface area contributed by atoms with E-state index in [4.69, 9.17) is 0 Å². The van der Waals surface area contributed by atoms with Gasteiger partial charge in [-0.3, -0.25) is 4.79 Å².